The number of carbonyl (C=O) groups excluding carboxylic acids is 4. The summed E-state index contributed by atoms with van der Waals surface area (Å²) in [5, 5.41) is 11.9. The molecule has 2 saturated heterocycles. The average Bonchev–Trinajstić information content (AvgIpc) is 3.21. The quantitative estimate of drug-likeness (QED) is 0.0683. The molecule has 0 aliphatic carbocycles. The molecule has 0 bridgehead atoms. The van der Waals surface area contributed by atoms with Crippen molar-refractivity contribution in [3.05, 3.63) is 21.3 Å². The molecule has 62 heavy (non-hydrogen) atoms. The van der Waals surface area contributed by atoms with Crippen molar-refractivity contribution in [1.82, 2.24) is 4.90 Å². The fraction of sp³-hybridized carbons (Fsp3) is 0.837. The Labute approximate surface area is 378 Å². The number of allylic oxidation sites excluding steroid dienone is 2. The molecule has 0 spiro atoms. The first-order valence-corrected chi connectivity index (χ1v) is 31.7. The number of fused-ring (bicyclic) bond motifs is 1. The van der Waals surface area contributed by atoms with E-state index in [4.69, 9.17) is 28.4 Å². The van der Waals surface area contributed by atoms with Crippen LogP contribution in [0.4, 0.5) is 0 Å². The van der Waals surface area contributed by atoms with E-state index in [0.717, 1.165) is 5.57 Å². The number of Topliss-reactive ketones (excluding diaryl/α,β-unsaturated/α-hetero) is 1. The molecule has 13 atom stereocenters. The van der Waals surface area contributed by atoms with Crippen LogP contribution in [0.15, 0.2) is 21.3 Å². The first-order chi connectivity index (χ1) is 29.3. The Morgan fingerprint density at radius 3 is 2.02 bits per heavy atom. The van der Waals surface area contributed by atoms with Crippen LogP contribution in [0, 0.1) is 29.6 Å². The molecule has 3 heterocycles. The molecule has 5 unspecified atom stereocenters. The van der Waals surface area contributed by atoms with Crippen LogP contribution in [0.25, 0.3) is 0 Å². The topological polar surface area (TPSA) is 147 Å². The average molecular weight is 983 g/mol. The zero-order chi connectivity index (χ0) is 46.3. The standard InChI is InChI=1S/C37H58NO11.3C4H9.Sn/c1-12-30-27-18-44-17-22(5)32(27)19(2)13-14-28(41)20(3)15-21(4)34(23(6)29(42)16-31(43)48-30)49-37-36(47-26(9)40)33(38(10)11)35(24(7)45-37)46-25(8)39;3*1-3-4-2;/h5,13,20-21,23-24,27,29-30,32-37,42H,12,14-18H2,1-4,6-11H3;3*1,3-4H2,2H3;/b19-13+,22-5?;;;;/t20-,21+,23+,24?,27-,29-,30-,32-,33?,34+,35?,36?,37?;;;;/m1..../s1. The summed E-state index contributed by atoms with van der Waals surface area (Å²) in [6.07, 6.45) is 4.52. The maximum absolute atomic E-state index is 14.1. The number of hydrogen-bond donors (Lipinski definition) is 1. The van der Waals surface area contributed by atoms with Crippen molar-refractivity contribution in [2.24, 2.45) is 29.6 Å². The number of hydrogen-bond acceptors (Lipinski definition) is 12. The molecule has 0 saturated carbocycles. The number of esters is 3. The van der Waals surface area contributed by atoms with Gasteiger partial charge in [0.2, 0.25) is 0 Å². The molecule has 3 aliphatic heterocycles. The van der Waals surface area contributed by atoms with Gasteiger partial charge in [0.05, 0.1) is 12.1 Å². The van der Waals surface area contributed by atoms with E-state index >= 15 is 0 Å². The van der Waals surface area contributed by atoms with Crippen molar-refractivity contribution in [3.8, 4) is 0 Å². The van der Waals surface area contributed by atoms with Crippen molar-refractivity contribution < 1.29 is 52.7 Å². The van der Waals surface area contributed by atoms with Crippen molar-refractivity contribution in [3.63, 3.8) is 0 Å². The first-order valence-electron chi connectivity index (χ1n) is 24.0. The van der Waals surface area contributed by atoms with Crippen LogP contribution in [0.3, 0.4) is 0 Å². The van der Waals surface area contributed by atoms with Crippen molar-refractivity contribution in [2.75, 3.05) is 27.3 Å². The molecule has 2 fully saturated rings. The molecule has 12 nitrogen and oxygen atoms in total. The fourth-order valence-corrected chi connectivity index (χ4v) is 25.8. The number of ether oxygens (including phenoxy) is 6. The van der Waals surface area contributed by atoms with Gasteiger partial charge in [-0.3, -0.25) is 14.5 Å². The van der Waals surface area contributed by atoms with E-state index in [2.05, 4.69) is 37.9 Å². The Kier molecular flexibility index (Phi) is 23.2. The van der Waals surface area contributed by atoms with Crippen molar-refractivity contribution in [2.45, 2.75) is 203 Å². The Bertz CT molecular complexity index is 1480. The minimum atomic E-state index is -2.82. The van der Waals surface area contributed by atoms with E-state index in [-0.39, 0.29) is 42.3 Å². The van der Waals surface area contributed by atoms with Gasteiger partial charge in [-0.15, -0.1) is 0 Å². The summed E-state index contributed by atoms with van der Waals surface area (Å²) in [5.41, 5.74) is 2.44. The van der Waals surface area contributed by atoms with E-state index in [1.165, 1.54) is 71.3 Å². The van der Waals surface area contributed by atoms with Crippen LogP contribution >= 0.6 is 0 Å². The second-order valence-corrected chi connectivity index (χ2v) is 32.1. The van der Waals surface area contributed by atoms with Crippen LogP contribution in [0.2, 0.25) is 13.3 Å². The molecule has 1 N–H and O–H groups in total. The Morgan fingerprint density at radius 2 is 1.48 bits per heavy atom. The molecule has 3 aliphatic rings. The van der Waals surface area contributed by atoms with Gasteiger partial charge in [0.25, 0.3) is 0 Å². The van der Waals surface area contributed by atoms with Crippen LogP contribution in [0.5, 0.6) is 0 Å². The number of rotatable bonds is 16. The Hall–Kier alpha value is -1.84. The Balaban J connectivity index is 2.09. The zero-order valence-electron chi connectivity index (χ0n) is 40.7. The van der Waals surface area contributed by atoms with E-state index in [1.807, 2.05) is 32.6 Å². The summed E-state index contributed by atoms with van der Waals surface area (Å²) >= 11 is -2.82. The monoisotopic (exact) mass is 984 g/mol. The van der Waals surface area contributed by atoms with Gasteiger partial charge < -0.3 is 14.2 Å². The number of nitrogens with zero attached hydrogens (tertiary/aromatic N) is 1. The summed E-state index contributed by atoms with van der Waals surface area (Å²) < 4.78 is 44.3. The van der Waals surface area contributed by atoms with Gasteiger partial charge >= 0.3 is 286 Å². The van der Waals surface area contributed by atoms with E-state index in [9.17, 15) is 24.3 Å². The molecular weight excluding hydrogens is 897 g/mol. The summed E-state index contributed by atoms with van der Waals surface area (Å²) in [7, 11) is 3.60. The number of aliphatic hydroxyl groups is 1. The summed E-state index contributed by atoms with van der Waals surface area (Å²) in [6.45, 7) is 22.2. The fourth-order valence-electron chi connectivity index (χ4n) is 10.4. The SMILES string of the molecule is CCC[CH2][Sn](/[CH]=C1\COC[C@@H]2[C@@H](CC)OC(=O)C[C@@H](O)[C@H](C)[C@@H](OC3OC(C)C(OC(C)=O)C(N(C)C)C3OC(C)=O)[C@@H](C)C[C@@H](C)C(=O)C/C=C(\C)[C@H]12)([CH2]CCC)[CH2]CCC. The van der Waals surface area contributed by atoms with Gasteiger partial charge in [-0.2, -0.15) is 0 Å². The van der Waals surface area contributed by atoms with Gasteiger partial charge in [-0.1, -0.05) is 0 Å². The van der Waals surface area contributed by atoms with Crippen molar-refractivity contribution in [1.29, 1.82) is 0 Å². The van der Waals surface area contributed by atoms with Gasteiger partial charge in [-0.05, 0) is 21.0 Å². The molecule has 0 aromatic heterocycles. The molecule has 3 rings (SSSR count). The van der Waals surface area contributed by atoms with E-state index in [0.29, 0.717) is 26.1 Å². The maximum atomic E-state index is 14.1. The third-order valence-corrected chi connectivity index (χ3v) is 28.2. The predicted molar refractivity (Wildman–Crippen MR) is 245 cm³/mol. The minimum absolute atomic E-state index is 0.00601. The molecule has 0 amide bonds. The molecule has 0 radical (unpaired) electrons. The third kappa shape index (κ3) is 15.4. The molecule has 0 aromatic rings. The Morgan fingerprint density at radius 1 is 0.903 bits per heavy atom. The summed E-state index contributed by atoms with van der Waals surface area (Å²) in [6, 6.07) is -0.623. The predicted octanol–water partition coefficient (Wildman–Crippen LogP) is 8.78. The van der Waals surface area contributed by atoms with Crippen molar-refractivity contribution >= 4 is 42.1 Å². The van der Waals surface area contributed by atoms with Gasteiger partial charge in [0, 0.05) is 13.8 Å². The third-order valence-electron chi connectivity index (χ3n) is 13.8. The number of ketones is 1. The molecule has 356 valence electrons. The normalized spacial score (nSPS) is 34.9. The van der Waals surface area contributed by atoms with Crippen LogP contribution in [-0.4, -0.2) is 128 Å². The van der Waals surface area contributed by atoms with Gasteiger partial charge in [0.1, 0.15) is 6.10 Å². The first kappa shape index (κ1) is 54.5. The van der Waals surface area contributed by atoms with Crippen LogP contribution < -0.4 is 0 Å². The van der Waals surface area contributed by atoms with Gasteiger partial charge in [-0.25, -0.2) is 0 Å². The number of likely N-dealkylation sites (N-methyl/N-ethyl adjacent to an activating group) is 1. The number of cyclic esters (lactones) is 1. The summed E-state index contributed by atoms with van der Waals surface area (Å²) in [5.74, 6) is -2.86. The molecular formula is C49H85NO11Sn. The van der Waals surface area contributed by atoms with E-state index in [1.54, 1.807) is 21.0 Å². The second kappa shape index (κ2) is 26.3. The van der Waals surface area contributed by atoms with Crippen LogP contribution in [-0.2, 0) is 47.6 Å². The second-order valence-electron chi connectivity index (χ2n) is 19.3. The van der Waals surface area contributed by atoms with Crippen LogP contribution in [0.1, 0.15) is 140 Å². The zero-order valence-corrected chi connectivity index (χ0v) is 43.6. The number of carbonyl (C=O) groups is 4. The molecule has 0 aromatic carbocycles. The van der Waals surface area contributed by atoms with E-state index < -0.39 is 91.2 Å². The molecule has 13 heteroatoms. The number of aliphatic hydroxyl groups excluding tert-OH is 1. The van der Waals surface area contributed by atoms with Gasteiger partial charge in [0.15, 0.2) is 12.4 Å². The summed E-state index contributed by atoms with van der Waals surface area (Å²) in [4.78, 5) is 54.7. The number of unbranched alkanes of at least 4 members (excludes halogenated alkanes) is 3.